The van der Waals surface area contributed by atoms with Crippen molar-refractivity contribution in [2.75, 3.05) is 31.2 Å². The Balaban J connectivity index is 1.71. The van der Waals surface area contributed by atoms with Crippen LogP contribution in [0.1, 0.15) is 5.56 Å². The number of benzene rings is 2. The summed E-state index contributed by atoms with van der Waals surface area (Å²) in [6.45, 7) is 3.27. The van der Waals surface area contributed by atoms with E-state index >= 15 is 0 Å². The molecule has 2 aromatic carbocycles. The first-order chi connectivity index (χ1) is 11.0. The lowest BCUT2D eigenvalue weighted by Gasteiger charge is -2.16. The van der Waals surface area contributed by atoms with Crippen molar-refractivity contribution < 1.29 is 4.79 Å². The average molecular weight is 349 g/mol. The second-order valence-corrected chi connectivity index (χ2v) is 7.00. The first-order valence-electron chi connectivity index (χ1n) is 7.47. The Hall–Kier alpha value is -1.49. The first-order valence-corrected chi connectivity index (χ1v) is 8.83. The van der Waals surface area contributed by atoms with E-state index in [1.54, 1.807) is 23.9 Å². The lowest BCUT2D eigenvalue weighted by molar-refractivity contribution is -0.117. The normalized spacial score (nSPS) is 10.8. The fourth-order valence-electron chi connectivity index (χ4n) is 2.03. The SMILES string of the molecule is Cc1ccc(SCCN(C)CC(=O)Nc2ccccc2Cl)cc1. The number of rotatable bonds is 7. The van der Waals surface area contributed by atoms with Crippen LogP contribution in [-0.2, 0) is 4.79 Å². The molecular formula is C18H21ClN2OS. The zero-order chi connectivity index (χ0) is 16.7. The van der Waals surface area contributed by atoms with Gasteiger partial charge in [0.25, 0.3) is 0 Å². The van der Waals surface area contributed by atoms with Gasteiger partial charge in [-0.05, 0) is 38.2 Å². The fourth-order valence-corrected chi connectivity index (χ4v) is 3.18. The monoisotopic (exact) mass is 348 g/mol. The summed E-state index contributed by atoms with van der Waals surface area (Å²) in [5, 5.41) is 3.39. The quantitative estimate of drug-likeness (QED) is 0.757. The largest absolute Gasteiger partial charge is 0.324 e. The Bertz CT molecular complexity index is 646. The molecule has 3 nitrogen and oxygen atoms in total. The molecule has 0 atom stereocenters. The van der Waals surface area contributed by atoms with Gasteiger partial charge in [0, 0.05) is 17.2 Å². The van der Waals surface area contributed by atoms with Crippen molar-refractivity contribution in [1.29, 1.82) is 0 Å². The van der Waals surface area contributed by atoms with Gasteiger partial charge in [0.05, 0.1) is 17.3 Å². The summed E-state index contributed by atoms with van der Waals surface area (Å²) < 4.78 is 0. The van der Waals surface area contributed by atoms with Gasteiger partial charge in [0.1, 0.15) is 0 Å². The molecule has 0 aliphatic heterocycles. The zero-order valence-electron chi connectivity index (χ0n) is 13.4. The minimum Gasteiger partial charge on any atom is -0.324 e. The smallest absolute Gasteiger partial charge is 0.238 e. The van der Waals surface area contributed by atoms with Crippen LogP contribution < -0.4 is 5.32 Å². The third kappa shape index (κ3) is 6.26. The second kappa shape index (κ2) is 8.96. The van der Waals surface area contributed by atoms with E-state index in [0.717, 1.165) is 12.3 Å². The molecule has 0 fully saturated rings. The predicted octanol–water partition coefficient (Wildman–Crippen LogP) is 4.31. The Morgan fingerprint density at radius 2 is 1.87 bits per heavy atom. The maximum absolute atomic E-state index is 12.0. The van der Waals surface area contributed by atoms with Gasteiger partial charge in [-0.15, -0.1) is 11.8 Å². The third-order valence-corrected chi connectivity index (χ3v) is 4.65. The van der Waals surface area contributed by atoms with E-state index in [-0.39, 0.29) is 5.91 Å². The number of hydrogen-bond donors (Lipinski definition) is 1. The molecule has 0 spiro atoms. The van der Waals surface area contributed by atoms with Crippen molar-refractivity contribution in [3.8, 4) is 0 Å². The molecule has 0 saturated heterocycles. The number of nitrogens with one attached hydrogen (secondary N) is 1. The maximum atomic E-state index is 12.0. The number of amides is 1. The standard InChI is InChI=1S/C18H21ClN2OS/c1-14-7-9-15(10-8-14)23-12-11-21(2)13-18(22)20-17-6-4-3-5-16(17)19/h3-10H,11-13H2,1-2H3,(H,20,22). The van der Waals surface area contributed by atoms with E-state index in [1.165, 1.54) is 10.5 Å². The molecule has 0 aliphatic rings. The summed E-state index contributed by atoms with van der Waals surface area (Å²) in [4.78, 5) is 15.3. The molecule has 122 valence electrons. The van der Waals surface area contributed by atoms with Crippen molar-refractivity contribution in [2.45, 2.75) is 11.8 Å². The number of carbonyl (C=O) groups is 1. The maximum Gasteiger partial charge on any atom is 0.238 e. The highest BCUT2D eigenvalue weighted by Gasteiger charge is 2.08. The van der Waals surface area contributed by atoms with Gasteiger partial charge >= 0.3 is 0 Å². The van der Waals surface area contributed by atoms with E-state index < -0.39 is 0 Å². The summed E-state index contributed by atoms with van der Waals surface area (Å²) in [7, 11) is 1.95. The number of likely N-dealkylation sites (N-methyl/N-ethyl adjacent to an activating group) is 1. The average Bonchev–Trinajstić information content (AvgIpc) is 2.51. The highest BCUT2D eigenvalue weighted by Crippen LogP contribution is 2.20. The van der Waals surface area contributed by atoms with Gasteiger partial charge in [-0.25, -0.2) is 0 Å². The second-order valence-electron chi connectivity index (χ2n) is 5.43. The molecular weight excluding hydrogens is 328 g/mol. The lowest BCUT2D eigenvalue weighted by Crippen LogP contribution is -2.31. The molecule has 0 saturated carbocycles. The zero-order valence-corrected chi connectivity index (χ0v) is 15.0. The van der Waals surface area contributed by atoms with Crippen molar-refractivity contribution in [3.63, 3.8) is 0 Å². The molecule has 0 aromatic heterocycles. The molecule has 2 rings (SSSR count). The van der Waals surface area contributed by atoms with E-state index in [9.17, 15) is 4.79 Å². The summed E-state index contributed by atoms with van der Waals surface area (Å²) in [6, 6.07) is 15.7. The Kier molecular flexibility index (Phi) is 6.96. The van der Waals surface area contributed by atoms with Crippen LogP contribution in [0.5, 0.6) is 0 Å². The molecule has 2 aromatic rings. The number of thioether (sulfide) groups is 1. The fraction of sp³-hybridized carbons (Fsp3) is 0.278. The van der Waals surface area contributed by atoms with Crippen LogP contribution in [0.15, 0.2) is 53.4 Å². The summed E-state index contributed by atoms with van der Waals surface area (Å²) >= 11 is 7.83. The van der Waals surface area contributed by atoms with Gasteiger partial charge in [0.2, 0.25) is 5.91 Å². The van der Waals surface area contributed by atoms with Gasteiger partial charge < -0.3 is 5.32 Å². The van der Waals surface area contributed by atoms with E-state index in [0.29, 0.717) is 17.3 Å². The van der Waals surface area contributed by atoms with Crippen LogP contribution in [0.25, 0.3) is 0 Å². The number of aryl methyl sites for hydroxylation is 1. The van der Waals surface area contributed by atoms with Gasteiger partial charge in [-0.3, -0.25) is 9.69 Å². The van der Waals surface area contributed by atoms with Crippen molar-refractivity contribution >= 4 is 35.0 Å². The molecule has 0 aliphatic carbocycles. The third-order valence-electron chi connectivity index (χ3n) is 3.32. The minimum absolute atomic E-state index is 0.0547. The van der Waals surface area contributed by atoms with Gasteiger partial charge in [-0.1, -0.05) is 41.4 Å². The van der Waals surface area contributed by atoms with E-state index in [2.05, 4.69) is 36.5 Å². The molecule has 0 unspecified atom stereocenters. The van der Waals surface area contributed by atoms with Gasteiger partial charge in [-0.2, -0.15) is 0 Å². The molecule has 23 heavy (non-hydrogen) atoms. The number of carbonyl (C=O) groups excluding carboxylic acids is 1. The number of halogens is 1. The molecule has 1 N–H and O–H groups in total. The molecule has 0 radical (unpaired) electrons. The molecule has 5 heteroatoms. The van der Waals surface area contributed by atoms with Crippen LogP contribution in [0, 0.1) is 6.92 Å². The van der Waals surface area contributed by atoms with Crippen LogP contribution in [-0.4, -0.2) is 36.7 Å². The number of nitrogens with zero attached hydrogens (tertiary/aromatic N) is 1. The Morgan fingerprint density at radius 1 is 1.17 bits per heavy atom. The summed E-state index contributed by atoms with van der Waals surface area (Å²) in [6.07, 6.45) is 0. The van der Waals surface area contributed by atoms with Crippen LogP contribution >= 0.6 is 23.4 Å². The molecule has 1 amide bonds. The van der Waals surface area contributed by atoms with Crippen molar-refractivity contribution in [3.05, 3.63) is 59.1 Å². The summed E-state index contributed by atoms with van der Waals surface area (Å²) in [5.74, 6) is 0.889. The van der Waals surface area contributed by atoms with Crippen LogP contribution in [0.3, 0.4) is 0 Å². The van der Waals surface area contributed by atoms with Crippen LogP contribution in [0.2, 0.25) is 5.02 Å². The molecule has 0 heterocycles. The van der Waals surface area contributed by atoms with E-state index in [4.69, 9.17) is 11.6 Å². The van der Waals surface area contributed by atoms with E-state index in [1.807, 2.05) is 24.1 Å². The van der Waals surface area contributed by atoms with Crippen LogP contribution in [0.4, 0.5) is 5.69 Å². The molecule has 0 bridgehead atoms. The number of para-hydroxylation sites is 1. The summed E-state index contributed by atoms with van der Waals surface area (Å²) in [5.41, 5.74) is 1.92. The topological polar surface area (TPSA) is 32.3 Å². The number of anilines is 1. The van der Waals surface area contributed by atoms with Crippen molar-refractivity contribution in [1.82, 2.24) is 4.90 Å². The Morgan fingerprint density at radius 3 is 2.57 bits per heavy atom. The van der Waals surface area contributed by atoms with Gasteiger partial charge in [0.15, 0.2) is 0 Å². The predicted molar refractivity (Wildman–Crippen MR) is 99.5 cm³/mol. The number of hydrogen-bond acceptors (Lipinski definition) is 3. The highest BCUT2D eigenvalue weighted by molar-refractivity contribution is 7.99. The Labute approximate surface area is 147 Å². The highest BCUT2D eigenvalue weighted by atomic mass is 35.5. The lowest BCUT2D eigenvalue weighted by atomic mass is 10.2. The van der Waals surface area contributed by atoms with Crippen molar-refractivity contribution in [2.24, 2.45) is 0 Å². The first kappa shape index (κ1) is 17.9. The minimum atomic E-state index is -0.0547.